The Morgan fingerprint density at radius 2 is 2.16 bits per heavy atom. The average molecular weight is 259 g/mol. The highest BCUT2D eigenvalue weighted by molar-refractivity contribution is 5.75. The Bertz CT molecular complexity index is 727. The molecule has 2 aromatic heterocycles. The van der Waals surface area contributed by atoms with Gasteiger partial charge in [-0.15, -0.1) is 0 Å². The van der Waals surface area contributed by atoms with Gasteiger partial charge in [0.1, 0.15) is 23.4 Å². The number of nitrogens with zero attached hydrogens (tertiary/aromatic N) is 3. The lowest BCUT2D eigenvalue weighted by Gasteiger charge is -2.06. The smallest absolute Gasteiger partial charge is 0.248 e. The van der Waals surface area contributed by atoms with E-state index in [4.69, 9.17) is 10.5 Å². The molecule has 0 aliphatic carbocycles. The fraction of sp³-hybridized carbons (Fsp3) is 0.0833. The van der Waals surface area contributed by atoms with Crippen LogP contribution in [0.1, 0.15) is 5.56 Å². The van der Waals surface area contributed by atoms with Crippen LogP contribution in [0, 0.1) is 5.82 Å². The first-order chi connectivity index (χ1) is 9.28. The molecule has 0 unspecified atom stereocenters. The molecule has 2 heterocycles. The largest absolute Gasteiger partial charge is 0.437 e. The average Bonchev–Trinajstić information content (AvgIpc) is 2.88. The van der Waals surface area contributed by atoms with Gasteiger partial charge < -0.3 is 15.5 Å². The number of H-pyrrole nitrogens is 1. The van der Waals surface area contributed by atoms with Crippen LogP contribution >= 0.6 is 0 Å². The zero-order valence-electron chi connectivity index (χ0n) is 9.80. The molecule has 0 radical (unpaired) electrons. The van der Waals surface area contributed by atoms with Crippen molar-refractivity contribution in [3.8, 4) is 11.6 Å². The zero-order valence-corrected chi connectivity index (χ0v) is 9.80. The SMILES string of the molecule is NCc1ccc(Oc2ncnc3nc[nH]c23)cc1F. The number of nitrogens with one attached hydrogen (secondary N) is 1. The van der Waals surface area contributed by atoms with E-state index in [0.29, 0.717) is 28.4 Å². The Kier molecular flexibility index (Phi) is 2.81. The maximum atomic E-state index is 13.6. The van der Waals surface area contributed by atoms with E-state index in [9.17, 15) is 4.39 Å². The molecular formula is C12H10FN5O. The predicted octanol–water partition coefficient (Wildman–Crippen LogP) is 1.74. The molecular weight excluding hydrogens is 249 g/mol. The summed E-state index contributed by atoms with van der Waals surface area (Å²) in [6, 6.07) is 4.48. The lowest BCUT2D eigenvalue weighted by molar-refractivity contribution is 0.461. The summed E-state index contributed by atoms with van der Waals surface area (Å²) >= 11 is 0. The molecule has 0 atom stereocenters. The van der Waals surface area contributed by atoms with Gasteiger partial charge in [0.15, 0.2) is 5.65 Å². The predicted molar refractivity (Wildman–Crippen MR) is 66.0 cm³/mol. The van der Waals surface area contributed by atoms with Crippen LogP contribution in [0.3, 0.4) is 0 Å². The van der Waals surface area contributed by atoms with Crippen molar-refractivity contribution < 1.29 is 9.13 Å². The summed E-state index contributed by atoms with van der Waals surface area (Å²) in [5.74, 6) is 0.224. The summed E-state index contributed by atoms with van der Waals surface area (Å²) in [7, 11) is 0. The minimum atomic E-state index is -0.407. The highest BCUT2D eigenvalue weighted by Crippen LogP contribution is 2.25. The molecule has 0 bridgehead atoms. The number of aromatic amines is 1. The number of hydrogen-bond acceptors (Lipinski definition) is 5. The third-order valence-corrected chi connectivity index (χ3v) is 2.65. The second-order valence-corrected chi connectivity index (χ2v) is 3.84. The summed E-state index contributed by atoms with van der Waals surface area (Å²) in [5, 5.41) is 0. The molecule has 0 fully saturated rings. The summed E-state index contributed by atoms with van der Waals surface area (Å²) in [6.45, 7) is 0.143. The first kappa shape index (κ1) is 11.5. The molecule has 0 amide bonds. The molecule has 0 spiro atoms. The fourth-order valence-corrected chi connectivity index (χ4v) is 1.69. The number of ether oxygens (including phenoxy) is 1. The molecule has 0 aliphatic heterocycles. The number of aromatic nitrogens is 4. The van der Waals surface area contributed by atoms with E-state index in [2.05, 4.69) is 19.9 Å². The topological polar surface area (TPSA) is 89.7 Å². The van der Waals surface area contributed by atoms with Gasteiger partial charge in [0.2, 0.25) is 5.88 Å². The normalized spacial score (nSPS) is 10.8. The highest BCUT2D eigenvalue weighted by atomic mass is 19.1. The summed E-state index contributed by atoms with van der Waals surface area (Å²) < 4.78 is 19.1. The highest BCUT2D eigenvalue weighted by Gasteiger charge is 2.09. The Morgan fingerprint density at radius 3 is 2.95 bits per heavy atom. The van der Waals surface area contributed by atoms with Crippen molar-refractivity contribution in [2.24, 2.45) is 5.73 Å². The van der Waals surface area contributed by atoms with Crippen LogP contribution in [0.25, 0.3) is 11.2 Å². The van der Waals surface area contributed by atoms with Crippen LogP contribution in [-0.4, -0.2) is 19.9 Å². The van der Waals surface area contributed by atoms with E-state index in [1.165, 1.54) is 18.7 Å². The van der Waals surface area contributed by atoms with Crippen LogP contribution in [0.2, 0.25) is 0 Å². The van der Waals surface area contributed by atoms with Gasteiger partial charge >= 0.3 is 0 Å². The van der Waals surface area contributed by atoms with Crippen molar-refractivity contribution in [2.45, 2.75) is 6.54 Å². The third kappa shape index (κ3) is 2.11. The van der Waals surface area contributed by atoms with Gasteiger partial charge in [-0.3, -0.25) is 0 Å². The molecule has 1 aromatic carbocycles. The molecule has 3 aromatic rings. The van der Waals surface area contributed by atoms with Gasteiger partial charge in [-0.25, -0.2) is 14.4 Å². The second kappa shape index (κ2) is 4.62. The molecule has 0 aliphatic rings. The first-order valence-electron chi connectivity index (χ1n) is 5.58. The number of hydrogen-bond donors (Lipinski definition) is 2. The van der Waals surface area contributed by atoms with Crippen molar-refractivity contribution in [2.75, 3.05) is 0 Å². The van der Waals surface area contributed by atoms with Gasteiger partial charge in [-0.1, -0.05) is 6.07 Å². The van der Waals surface area contributed by atoms with Crippen molar-refractivity contribution in [1.29, 1.82) is 0 Å². The molecule has 3 rings (SSSR count). The Balaban J connectivity index is 1.97. The molecule has 19 heavy (non-hydrogen) atoms. The van der Waals surface area contributed by atoms with Gasteiger partial charge in [-0.2, -0.15) is 4.98 Å². The van der Waals surface area contributed by atoms with Crippen molar-refractivity contribution in [1.82, 2.24) is 19.9 Å². The van der Waals surface area contributed by atoms with E-state index in [0.717, 1.165) is 0 Å². The number of nitrogens with two attached hydrogens (primary N) is 1. The van der Waals surface area contributed by atoms with Crippen LogP contribution in [0.15, 0.2) is 30.9 Å². The lowest BCUT2D eigenvalue weighted by atomic mass is 10.2. The summed E-state index contributed by atoms with van der Waals surface area (Å²) in [6.07, 6.45) is 2.83. The van der Waals surface area contributed by atoms with E-state index < -0.39 is 5.82 Å². The Labute approximate surface area is 107 Å². The molecule has 7 heteroatoms. The van der Waals surface area contributed by atoms with Crippen LogP contribution in [0.4, 0.5) is 4.39 Å². The van der Waals surface area contributed by atoms with E-state index in [-0.39, 0.29) is 6.54 Å². The summed E-state index contributed by atoms with van der Waals surface area (Å²) in [5.41, 5.74) is 6.88. The van der Waals surface area contributed by atoms with Gasteiger partial charge in [0.05, 0.1) is 6.33 Å². The van der Waals surface area contributed by atoms with Gasteiger partial charge in [0, 0.05) is 18.2 Å². The Hall–Kier alpha value is -2.54. The first-order valence-corrected chi connectivity index (χ1v) is 5.58. The standard InChI is InChI=1S/C12H10FN5O/c13-9-3-8(2-1-7(9)4-14)19-12-10-11(16-5-15-10)17-6-18-12/h1-3,5-6H,4,14H2,(H,15,16,17,18). The van der Waals surface area contributed by atoms with E-state index >= 15 is 0 Å². The maximum absolute atomic E-state index is 13.6. The van der Waals surface area contributed by atoms with Gasteiger partial charge in [-0.05, 0) is 6.07 Å². The number of halogens is 1. The number of imidazole rings is 1. The molecule has 0 saturated carbocycles. The van der Waals surface area contributed by atoms with Crippen LogP contribution in [0.5, 0.6) is 11.6 Å². The quantitative estimate of drug-likeness (QED) is 0.747. The molecule has 6 nitrogen and oxygen atoms in total. The number of benzene rings is 1. The maximum Gasteiger partial charge on any atom is 0.248 e. The second-order valence-electron chi connectivity index (χ2n) is 3.84. The fourth-order valence-electron chi connectivity index (χ4n) is 1.69. The monoisotopic (exact) mass is 259 g/mol. The molecule has 0 saturated heterocycles. The molecule has 96 valence electrons. The minimum absolute atomic E-state index is 0.143. The van der Waals surface area contributed by atoms with E-state index in [1.54, 1.807) is 12.1 Å². The van der Waals surface area contributed by atoms with Crippen LogP contribution in [-0.2, 0) is 6.54 Å². The van der Waals surface area contributed by atoms with Crippen molar-refractivity contribution >= 4 is 11.2 Å². The Morgan fingerprint density at radius 1 is 1.26 bits per heavy atom. The van der Waals surface area contributed by atoms with Gasteiger partial charge in [0.25, 0.3) is 0 Å². The van der Waals surface area contributed by atoms with Crippen LogP contribution < -0.4 is 10.5 Å². The third-order valence-electron chi connectivity index (χ3n) is 2.65. The summed E-state index contributed by atoms with van der Waals surface area (Å²) in [4.78, 5) is 14.8. The number of rotatable bonds is 3. The molecule has 3 N–H and O–H groups in total. The van der Waals surface area contributed by atoms with Crippen molar-refractivity contribution in [3.63, 3.8) is 0 Å². The minimum Gasteiger partial charge on any atom is -0.437 e. The van der Waals surface area contributed by atoms with Crippen molar-refractivity contribution in [3.05, 3.63) is 42.2 Å². The number of fused-ring (bicyclic) bond motifs is 1. The van der Waals surface area contributed by atoms with E-state index in [1.807, 2.05) is 0 Å². The zero-order chi connectivity index (χ0) is 13.2. The lowest BCUT2D eigenvalue weighted by Crippen LogP contribution is -2.00.